The third kappa shape index (κ3) is 6.50. The van der Waals surface area contributed by atoms with Crippen molar-refractivity contribution in [3.05, 3.63) is 53.3 Å². The van der Waals surface area contributed by atoms with E-state index in [1.165, 1.54) is 18.0 Å². The van der Waals surface area contributed by atoms with Crippen molar-refractivity contribution in [2.75, 3.05) is 13.7 Å². The van der Waals surface area contributed by atoms with Gasteiger partial charge >= 0.3 is 6.09 Å². The van der Waals surface area contributed by atoms with Crippen molar-refractivity contribution in [1.82, 2.24) is 25.5 Å². The smallest absolute Gasteiger partial charge is 0.408 e. The fraction of sp³-hybridized carbons (Fsp3) is 0.625. The van der Waals surface area contributed by atoms with Crippen molar-refractivity contribution in [2.24, 2.45) is 0 Å². The predicted molar refractivity (Wildman–Crippen MR) is 159 cm³/mol. The number of hydrogen-bond acceptors (Lipinski definition) is 10. The lowest BCUT2D eigenvalue weighted by Gasteiger charge is -2.52. The number of aliphatic hydroxyl groups is 2. The molecule has 2 aromatic heterocycles. The van der Waals surface area contributed by atoms with E-state index in [9.17, 15) is 28.2 Å². The number of carbonyl (C=O) groups excluding carboxylic acids is 1. The summed E-state index contributed by atoms with van der Waals surface area (Å²) in [6.45, 7) is 5.01. The Balaban J connectivity index is 1.17. The number of methoxy groups -OCH3 is 1. The van der Waals surface area contributed by atoms with Crippen LogP contribution < -0.4 is 5.32 Å². The molecule has 15 heteroatoms. The van der Waals surface area contributed by atoms with E-state index in [2.05, 4.69) is 20.8 Å². The Hall–Kier alpha value is -3.53. The first-order valence-electron chi connectivity index (χ1n) is 15.8. The third-order valence-corrected chi connectivity index (χ3v) is 9.84. The van der Waals surface area contributed by atoms with E-state index in [-0.39, 0.29) is 28.6 Å². The van der Waals surface area contributed by atoms with Gasteiger partial charge in [-0.1, -0.05) is 10.4 Å². The van der Waals surface area contributed by atoms with Gasteiger partial charge < -0.3 is 34.3 Å². The molecule has 47 heavy (non-hydrogen) atoms. The Morgan fingerprint density at radius 3 is 2.34 bits per heavy atom. The van der Waals surface area contributed by atoms with E-state index >= 15 is 0 Å². The summed E-state index contributed by atoms with van der Waals surface area (Å²) in [5.74, 6) is -3.58. The van der Waals surface area contributed by atoms with Crippen LogP contribution in [-0.4, -0.2) is 85.7 Å². The highest BCUT2D eigenvalue weighted by Gasteiger charge is 2.53. The molecule has 3 aromatic rings. The minimum atomic E-state index is -1.60. The number of aliphatic hydroxyl groups excluding tert-OH is 2. The fourth-order valence-corrected chi connectivity index (χ4v) is 7.32. The molecule has 2 bridgehead atoms. The highest BCUT2D eigenvalue weighted by Crippen LogP contribution is 2.54. The molecule has 1 aromatic carbocycles. The summed E-state index contributed by atoms with van der Waals surface area (Å²) in [5, 5.41) is 36.7. The van der Waals surface area contributed by atoms with Crippen LogP contribution in [0.1, 0.15) is 76.8 Å². The van der Waals surface area contributed by atoms with E-state index < -0.39 is 66.2 Å². The molecule has 1 saturated heterocycles. The van der Waals surface area contributed by atoms with E-state index in [1.807, 2.05) is 26.8 Å². The van der Waals surface area contributed by atoms with Gasteiger partial charge in [0.05, 0.1) is 24.6 Å². The first-order valence-corrected chi connectivity index (χ1v) is 15.8. The number of nitrogens with one attached hydrogen (secondary N) is 1. The van der Waals surface area contributed by atoms with Crippen molar-refractivity contribution in [2.45, 2.75) is 113 Å². The molecule has 3 saturated carbocycles. The summed E-state index contributed by atoms with van der Waals surface area (Å²) in [5.41, 5.74) is -0.495. The number of benzene rings is 1. The molecule has 1 amide bonds. The number of halogens is 3. The molecule has 4 aliphatic rings. The van der Waals surface area contributed by atoms with Gasteiger partial charge in [-0.15, -0.1) is 5.10 Å². The van der Waals surface area contributed by atoms with Crippen molar-refractivity contribution in [1.29, 1.82) is 0 Å². The zero-order chi connectivity index (χ0) is 33.7. The van der Waals surface area contributed by atoms with Gasteiger partial charge in [-0.25, -0.2) is 22.6 Å². The number of nitrogens with zero attached hydrogens (tertiary/aromatic N) is 4. The van der Waals surface area contributed by atoms with Crippen molar-refractivity contribution in [3.63, 3.8) is 0 Å². The molecule has 0 radical (unpaired) electrons. The van der Waals surface area contributed by atoms with Crippen LogP contribution in [-0.2, 0) is 26.0 Å². The summed E-state index contributed by atoms with van der Waals surface area (Å²) in [6, 6.07) is 2.60. The Labute approximate surface area is 269 Å². The van der Waals surface area contributed by atoms with E-state index in [1.54, 1.807) is 0 Å². The largest absolute Gasteiger partial charge is 0.444 e. The van der Waals surface area contributed by atoms with Gasteiger partial charge in [0, 0.05) is 36.1 Å². The molecular weight excluding hydrogens is 623 g/mol. The highest BCUT2D eigenvalue weighted by molar-refractivity contribution is 5.69. The number of amides is 1. The van der Waals surface area contributed by atoms with Crippen LogP contribution >= 0.6 is 0 Å². The lowest BCUT2D eigenvalue weighted by Crippen LogP contribution is -2.58. The van der Waals surface area contributed by atoms with Crippen LogP contribution in [0.2, 0.25) is 0 Å². The number of rotatable bonds is 8. The molecule has 1 aliphatic heterocycles. The summed E-state index contributed by atoms with van der Waals surface area (Å²) in [4.78, 5) is 12.5. The number of hydrogen-bond donors (Lipinski definition) is 3. The Kier molecular flexibility index (Phi) is 8.87. The maximum atomic E-state index is 13.9. The van der Waals surface area contributed by atoms with Crippen molar-refractivity contribution in [3.8, 4) is 11.3 Å². The zero-order valence-electron chi connectivity index (χ0n) is 26.7. The van der Waals surface area contributed by atoms with E-state index in [0.717, 1.165) is 56.4 Å². The van der Waals surface area contributed by atoms with Crippen LogP contribution in [0.3, 0.4) is 0 Å². The lowest BCUT2D eigenvalue weighted by molar-refractivity contribution is -0.212. The Morgan fingerprint density at radius 2 is 1.74 bits per heavy atom. The molecule has 0 spiro atoms. The first kappa shape index (κ1) is 33.4. The first-order chi connectivity index (χ1) is 22.2. The van der Waals surface area contributed by atoms with Gasteiger partial charge in [0.1, 0.15) is 41.4 Å². The molecule has 256 valence electrons. The van der Waals surface area contributed by atoms with E-state index in [0.29, 0.717) is 5.69 Å². The third-order valence-electron chi connectivity index (χ3n) is 9.84. The van der Waals surface area contributed by atoms with Gasteiger partial charge in [0.2, 0.25) is 0 Å². The number of alkyl carbamates (subject to hydrolysis) is 1. The average Bonchev–Trinajstić information content (AvgIpc) is 3.71. The van der Waals surface area contributed by atoms with Crippen LogP contribution in [0.4, 0.5) is 18.0 Å². The summed E-state index contributed by atoms with van der Waals surface area (Å²) in [7, 11) is 1.44. The minimum Gasteiger partial charge on any atom is -0.444 e. The second-order valence-electron chi connectivity index (χ2n) is 14.0. The van der Waals surface area contributed by atoms with E-state index in [4.69, 9.17) is 18.7 Å². The second-order valence-corrected chi connectivity index (χ2v) is 14.0. The Morgan fingerprint density at radius 1 is 1.09 bits per heavy atom. The minimum absolute atomic E-state index is 0.0409. The summed E-state index contributed by atoms with van der Waals surface area (Å²) in [6.07, 6.45) is 2.15. The predicted octanol–water partition coefficient (Wildman–Crippen LogP) is 4.14. The average molecular weight is 664 g/mol. The topological polar surface area (TPSA) is 154 Å². The molecule has 3 aliphatic carbocycles. The standard InChI is InChI=1S/C32H40F3N5O7/c1-30(2,3)46-29(43)36-32-8-5-31(6-9-32,7-10-32)24-14-18(38-47-24)13-22-28(44-4)26(27(42)23(16-41)45-22)40-15-21(37-39-40)17-11-19(33)25(35)20(34)12-17/h11-12,14-15,22-23,26-28,41-42H,5-10,13,16H2,1-4H3,(H,36,43)/t22-,23-,26+,27+,28+,31?,32?/m1/s1. The Bertz CT molecular complexity index is 1560. The van der Waals surface area contributed by atoms with Gasteiger partial charge in [-0.05, 0) is 71.4 Å². The van der Waals surface area contributed by atoms with Crippen LogP contribution in [0.25, 0.3) is 11.3 Å². The zero-order valence-corrected chi connectivity index (χ0v) is 26.7. The second kappa shape index (κ2) is 12.5. The summed E-state index contributed by atoms with van der Waals surface area (Å²) >= 11 is 0. The lowest BCUT2D eigenvalue weighted by atomic mass is 9.56. The maximum Gasteiger partial charge on any atom is 0.408 e. The van der Waals surface area contributed by atoms with Crippen LogP contribution in [0, 0.1) is 17.5 Å². The van der Waals surface area contributed by atoms with Gasteiger partial charge in [0.25, 0.3) is 0 Å². The molecular formula is C32H40F3N5O7. The molecule has 5 atom stereocenters. The summed E-state index contributed by atoms with van der Waals surface area (Å²) < 4.78 is 65.9. The normalized spacial score (nSPS) is 30.8. The monoisotopic (exact) mass is 663 g/mol. The van der Waals surface area contributed by atoms with Crippen LogP contribution in [0.5, 0.6) is 0 Å². The van der Waals surface area contributed by atoms with Gasteiger partial charge in [-0.2, -0.15) is 0 Å². The molecule has 3 N–H and O–H groups in total. The van der Waals surface area contributed by atoms with Crippen molar-refractivity contribution >= 4 is 6.09 Å². The van der Waals surface area contributed by atoms with Crippen LogP contribution in [0.15, 0.2) is 28.9 Å². The molecule has 4 fully saturated rings. The SMILES string of the molecule is CO[C@@H]1[C@@H](n2cc(-c3cc(F)c(F)c(F)c3)nn2)[C@@H](O)[C@@H](CO)O[C@@H]1Cc1cc(C23CCC(NC(=O)OC(C)(C)C)(CC2)CC3)on1. The quantitative estimate of drug-likeness (QED) is 0.300. The van der Waals surface area contributed by atoms with Gasteiger partial charge in [-0.3, -0.25) is 0 Å². The number of ether oxygens (including phenoxy) is 3. The molecule has 7 rings (SSSR count). The fourth-order valence-electron chi connectivity index (χ4n) is 7.32. The van der Waals surface area contributed by atoms with Gasteiger partial charge in [0.15, 0.2) is 17.5 Å². The van der Waals surface area contributed by atoms with Crippen molar-refractivity contribution < 1.29 is 46.9 Å². The molecule has 12 nitrogen and oxygen atoms in total. The molecule has 3 heterocycles. The highest BCUT2D eigenvalue weighted by atomic mass is 19.2. The number of fused-ring (bicyclic) bond motifs is 3. The molecule has 0 unspecified atom stereocenters. The number of aromatic nitrogens is 4. The maximum absolute atomic E-state index is 13.9. The number of carbonyl (C=O) groups is 1.